The van der Waals surface area contributed by atoms with E-state index in [4.69, 9.17) is 11.6 Å². The van der Waals surface area contributed by atoms with Crippen LogP contribution in [0, 0.1) is 0 Å². The molecule has 0 unspecified atom stereocenters. The minimum Gasteiger partial charge on any atom is -0.296 e. The minimum absolute atomic E-state index is 0.374. The zero-order chi connectivity index (χ0) is 11.8. The summed E-state index contributed by atoms with van der Waals surface area (Å²) in [5.74, 6) is 0. The summed E-state index contributed by atoms with van der Waals surface area (Å²) in [7, 11) is 0. The van der Waals surface area contributed by atoms with E-state index in [1.165, 1.54) is 0 Å². The van der Waals surface area contributed by atoms with Crippen molar-refractivity contribution in [3.8, 4) is 11.3 Å². The molecule has 1 aromatic carbocycles. The van der Waals surface area contributed by atoms with Gasteiger partial charge in [0.15, 0.2) is 12.0 Å². The predicted octanol–water partition coefficient (Wildman–Crippen LogP) is 2.75. The first-order valence-electron chi connectivity index (χ1n) is 5.46. The van der Waals surface area contributed by atoms with Crippen LogP contribution in [0.25, 0.3) is 11.3 Å². The van der Waals surface area contributed by atoms with Gasteiger partial charge in [-0.25, -0.2) is 4.68 Å². The van der Waals surface area contributed by atoms with Gasteiger partial charge in [0, 0.05) is 10.6 Å². The van der Waals surface area contributed by atoms with Gasteiger partial charge in [-0.3, -0.25) is 4.79 Å². The lowest BCUT2D eigenvalue weighted by atomic mass is 10.1. The summed E-state index contributed by atoms with van der Waals surface area (Å²) >= 11 is 5.97. The monoisotopic (exact) mass is 247 g/mol. The first-order valence-corrected chi connectivity index (χ1v) is 5.83. The molecule has 1 aliphatic carbocycles. The number of aldehydes is 1. The van der Waals surface area contributed by atoms with Crippen LogP contribution in [-0.4, -0.2) is 21.3 Å². The molecule has 0 aliphatic heterocycles. The molecular formula is C12H10ClN3O. The van der Waals surface area contributed by atoms with Gasteiger partial charge in [-0.05, 0) is 25.0 Å². The molecule has 1 fully saturated rings. The number of hydrogen-bond donors (Lipinski definition) is 0. The van der Waals surface area contributed by atoms with Crippen molar-refractivity contribution in [3.63, 3.8) is 0 Å². The lowest BCUT2D eigenvalue weighted by molar-refractivity contribution is 0.111. The van der Waals surface area contributed by atoms with Crippen LogP contribution in [0.3, 0.4) is 0 Å². The quantitative estimate of drug-likeness (QED) is 0.784. The SMILES string of the molecule is O=Cc1nnn(C2CC2)c1-c1cccc(Cl)c1. The highest BCUT2D eigenvalue weighted by Gasteiger charge is 2.29. The molecule has 0 N–H and O–H groups in total. The van der Waals surface area contributed by atoms with Crippen molar-refractivity contribution >= 4 is 17.9 Å². The summed E-state index contributed by atoms with van der Waals surface area (Å²) < 4.78 is 1.83. The Bertz CT molecular complexity index is 575. The van der Waals surface area contributed by atoms with Gasteiger partial charge in [0.25, 0.3) is 0 Å². The molecule has 0 radical (unpaired) electrons. The highest BCUT2D eigenvalue weighted by atomic mass is 35.5. The summed E-state index contributed by atoms with van der Waals surface area (Å²) in [5, 5.41) is 8.59. The fraction of sp³-hybridized carbons (Fsp3) is 0.250. The number of benzene rings is 1. The van der Waals surface area contributed by atoms with Crippen LogP contribution in [0.15, 0.2) is 24.3 Å². The maximum Gasteiger partial charge on any atom is 0.172 e. The van der Waals surface area contributed by atoms with Gasteiger partial charge in [0.05, 0.1) is 11.7 Å². The third-order valence-corrected chi connectivity index (χ3v) is 3.06. The lowest BCUT2D eigenvalue weighted by Gasteiger charge is -2.05. The summed E-state index contributed by atoms with van der Waals surface area (Å²) in [6.07, 6.45) is 2.92. The summed E-state index contributed by atoms with van der Waals surface area (Å²) in [6, 6.07) is 7.78. The predicted molar refractivity (Wildman–Crippen MR) is 64.1 cm³/mol. The summed E-state index contributed by atoms with van der Waals surface area (Å²) in [6.45, 7) is 0. The molecule has 3 rings (SSSR count). The largest absolute Gasteiger partial charge is 0.296 e. The molecule has 1 heterocycles. The van der Waals surface area contributed by atoms with Crippen molar-refractivity contribution in [1.82, 2.24) is 15.0 Å². The van der Waals surface area contributed by atoms with Crippen LogP contribution >= 0.6 is 11.6 Å². The van der Waals surface area contributed by atoms with Crippen molar-refractivity contribution in [3.05, 3.63) is 35.0 Å². The second kappa shape index (κ2) is 3.96. The van der Waals surface area contributed by atoms with Gasteiger partial charge in [0.1, 0.15) is 0 Å². The van der Waals surface area contributed by atoms with Crippen LogP contribution in [0.4, 0.5) is 0 Å². The highest BCUT2D eigenvalue weighted by molar-refractivity contribution is 6.30. The molecule has 0 spiro atoms. The number of nitrogens with zero attached hydrogens (tertiary/aromatic N) is 3. The van der Waals surface area contributed by atoms with Crippen molar-refractivity contribution < 1.29 is 4.79 Å². The van der Waals surface area contributed by atoms with E-state index in [1.54, 1.807) is 6.07 Å². The fourth-order valence-corrected chi connectivity index (χ4v) is 2.07. The minimum atomic E-state index is 0.374. The zero-order valence-corrected chi connectivity index (χ0v) is 9.76. The third-order valence-electron chi connectivity index (χ3n) is 2.82. The Morgan fingerprint density at radius 2 is 2.24 bits per heavy atom. The van der Waals surface area contributed by atoms with Crippen LogP contribution in [-0.2, 0) is 0 Å². The molecule has 2 aromatic rings. The maximum absolute atomic E-state index is 11.0. The summed E-state index contributed by atoms with van der Waals surface area (Å²) in [4.78, 5) is 11.0. The van der Waals surface area contributed by atoms with Crippen molar-refractivity contribution in [1.29, 1.82) is 0 Å². The van der Waals surface area contributed by atoms with Gasteiger partial charge >= 0.3 is 0 Å². The highest BCUT2D eigenvalue weighted by Crippen LogP contribution is 2.38. The summed E-state index contributed by atoms with van der Waals surface area (Å²) in [5.41, 5.74) is 2.03. The van der Waals surface area contributed by atoms with E-state index in [0.717, 1.165) is 30.4 Å². The van der Waals surface area contributed by atoms with Crippen molar-refractivity contribution in [2.75, 3.05) is 0 Å². The second-order valence-electron chi connectivity index (χ2n) is 4.13. The Balaban J connectivity index is 2.17. The molecule has 1 aliphatic rings. The Labute approximate surface area is 103 Å². The number of halogens is 1. The third kappa shape index (κ3) is 1.85. The molecule has 17 heavy (non-hydrogen) atoms. The van der Waals surface area contributed by atoms with E-state index in [0.29, 0.717) is 16.8 Å². The van der Waals surface area contributed by atoms with E-state index in [-0.39, 0.29) is 0 Å². The van der Waals surface area contributed by atoms with Gasteiger partial charge < -0.3 is 0 Å². The number of rotatable bonds is 3. The molecule has 1 aromatic heterocycles. The van der Waals surface area contributed by atoms with Crippen LogP contribution in [0.1, 0.15) is 29.4 Å². The topological polar surface area (TPSA) is 47.8 Å². The van der Waals surface area contributed by atoms with Crippen LogP contribution < -0.4 is 0 Å². The standard InChI is InChI=1S/C12H10ClN3O/c13-9-3-1-2-8(6-9)12-11(7-17)14-15-16(12)10-4-5-10/h1-3,6-7,10H,4-5H2. The number of carbonyl (C=O) groups is 1. The normalized spacial score (nSPS) is 14.9. The van der Waals surface area contributed by atoms with Crippen molar-refractivity contribution in [2.24, 2.45) is 0 Å². The van der Waals surface area contributed by atoms with Crippen LogP contribution in [0.5, 0.6) is 0 Å². The second-order valence-corrected chi connectivity index (χ2v) is 4.56. The average molecular weight is 248 g/mol. The van der Waals surface area contributed by atoms with Gasteiger partial charge in [0.2, 0.25) is 0 Å². The van der Waals surface area contributed by atoms with E-state index in [1.807, 2.05) is 22.9 Å². The van der Waals surface area contributed by atoms with E-state index < -0.39 is 0 Å². The van der Waals surface area contributed by atoms with Gasteiger partial charge in [-0.1, -0.05) is 28.9 Å². The number of aromatic nitrogens is 3. The van der Waals surface area contributed by atoms with Crippen LogP contribution in [0.2, 0.25) is 5.02 Å². The zero-order valence-electron chi connectivity index (χ0n) is 9.01. The number of hydrogen-bond acceptors (Lipinski definition) is 3. The van der Waals surface area contributed by atoms with Crippen molar-refractivity contribution in [2.45, 2.75) is 18.9 Å². The fourth-order valence-electron chi connectivity index (χ4n) is 1.88. The first kappa shape index (κ1) is 10.5. The Kier molecular flexibility index (Phi) is 2.44. The van der Waals surface area contributed by atoms with Gasteiger partial charge in [-0.15, -0.1) is 5.10 Å². The molecule has 4 nitrogen and oxygen atoms in total. The Morgan fingerprint density at radius 1 is 1.41 bits per heavy atom. The average Bonchev–Trinajstić information content (AvgIpc) is 3.08. The molecule has 1 saturated carbocycles. The number of carbonyl (C=O) groups excluding carboxylic acids is 1. The molecule has 0 bridgehead atoms. The van der Waals surface area contributed by atoms with E-state index in [9.17, 15) is 4.79 Å². The molecular weight excluding hydrogens is 238 g/mol. The first-order chi connectivity index (χ1) is 8.29. The Morgan fingerprint density at radius 3 is 2.88 bits per heavy atom. The Hall–Kier alpha value is -1.68. The lowest BCUT2D eigenvalue weighted by Crippen LogP contribution is -2.00. The molecule has 0 atom stereocenters. The molecule has 5 heteroatoms. The maximum atomic E-state index is 11.0. The van der Waals surface area contributed by atoms with E-state index in [2.05, 4.69) is 10.3 Å². The molecule has 0 amide bonds. The van der Waals surface area contributed by atoms with Gasteiger partial charge in [-0.2, -0.15) is 0 Å². The molecule has 0 saturated heterocycles. The smallest absolute Gasteiger partial charge is 0.172 e. The van der Waals surface area contributed by atoms with E-state index >= 15 is 0 Å². The molecule has 86 valence electrons.